The van der Waals surface area contributed by atoms with Crippen LogP contribution in [0.4, 0.5) is 0 Å². The summed E-state index contributed by atoms with van der Waals surface area (Å²) in [4.78, 5) is 13.4. The molecule has 0 saturated carbocycles. The van der Waals surface area contributed by atoms with E-state index in [0.717, 1.165) is 50.8 Å². The number of ether oxygens (including phenoxy) is 1. The average molecular weight is 273 g/mol. The van der Waals surface area contributed by atoms with E-state index in [1.54, 1.807) is 0 Å². The fourth-order valence-corrected chi connectivity index (χ4v) is 3.62. The van der Waals surface area contributed by atoms with Gasteiger partial charge in [0.2, 0.25) is 0 Å². The van der Waals surface area contributed by atoms with Gasteiger partial charge in [-0.1, -0.05) is 31.5 Å². The first-order valence-corrected chi connectivity index (χ1v) is 7.74. The van der Waals surface area contributed by atoms with E-state index in [0.29, 0.717) is 5.92 Å². The molecule has 2 bridgehead atoms. The number of carbonyl (C=O) groups is 1. The van der Waals surface area contributed by atoms with Crippen molar-refractivity contribution in [3.8, 4) is 5.75 Å². The van der Waals surface area contributed by atoms with Gasteiger partial charge in [-0.25, -0.2) is 0 Å². The molecular formula is C17H23NO2. The Morgan fingerprint density at radius 3 is 2.95 bits per heavy atom. The van der Waals surface area contributed by atoms with E-state index < -0.39 is 0 Å². The number of benzene rings is 1. The Bertz CT molecular complexity index is 474. The molecule has 2 aliphatic rings. The Kier molecular flexibility index (Phi) is 4.06. The van der Waals surface area contributed by atoms with Gasteiger partial charge in [0.05, 0.1) is 6.04 Å². The molecule has 0 aromatic heterocycles. The molecule has 4 unspecified atom stereocenters. The smallest absolute Gasteiger partial charge is 0.137 e. The predicted molar refractivity (Wildman–Crippen MR) is 79.0 cm³/mol. The first kappa shape index (κ1) is 13.6. The topological polar surface area (TPSA) is 29.5 Å². The van der Waals surface area contributed by atoms with Crippen molar-refractivity contribution >= 4 is 6.29 Å². The Labute approximate surface area is 120 Å². The summed E-state index contributed by atoms with van der Waals surface area (Å²) >= 11 is 0. The maximum atomic E-state index is 11.1. The first-order valence-electron chi connectivity index (χ1n) is 7.74. The fourth-order valence-electron chi connectivity index (χ4n) is 3.62. The third kappa shape index (κ3) is 2.73. The fraction of sp³-hybridized carbons (Fsp3) is 0.588. The number of para-hydroxylation sites is 1. The highest BCUT2D eigenvalue weighted by atomic mass is 16.5. The van der Waals surface area contributed by atoms with E-state index in [-0.39, 0.29) is 12.1 Å². The molecule has 20 heavy (non-hydrogen) atoms. The Hall–Kier alpha value is -1.35. The van der Waals surface area contributed by atoms with Crippen LogP contribution in [0.1, 0.15) is 31.7 Å². The van der Waals surface area contributed by atoms with Gasteiger partial charge in [-0.3, -0.25) is 4.90 Å². The number of fused-ring (bicyclic) bond motifs is 2. The summed E-state index contributed by atoms with van der Waals surface area (Å²) in [6.45, 7) is 4.15. The minimum Gasteiger partial charge on any atom is -0.489 e. The standard InChI is InChI=1S/C17H23NO2/c1-2-5-14-6-3-4-7-17(14)20-16-9-13-8-15(12-19)18(10-13)11-16/h3-4,6-7,12-13,15-16H,2,5,8-11H2,1H3. The second-order valence-electron chi connectivity index (χ2n) is 6.09. The molecule has 3 nitrogen and oxygen atoms in total. The molecule has 3 rings (SSSR count). The lowest BCUT2D eigenvalue weighted by molar-refractivity contribution is -0.111. The van der Waals surface area contributed by atoms with E-state index in [4.69, 9.17) is 4.74 Å². The van der Waals surface area contributed by atoms with Gasteiger partial charge in [0.15, 0.2) is 0 Å². The average Bonchev–Trinajstić information content (AvgIpc) is 2.75. The van der Waals surface area contributed by atoms with Crippen LogP contribution in [-0.2, 0) is 11.2 Å². The highest BCUT2D eigenvalue weighted by molar-refractivity contribution is 5.58. The number of aryl methyl sites for hydroxylation is 1. The van der Waals surface area contributed by atoms with Gasteiger partial charge in [0.25, 0.3) is 0 Å². The lowest BCUT2D eigenvalue weighted by atomic mass is 9.97. The largest absolute Gasteiger partial charge is 0.489 e. The predicted octanol–water partition coefficient (Wildman–Crippen LogP) is 2.68. The summed E-state index contributed by atoms with van der Waals surface area (Å²) in [5.74, 6) is 1.66. The molecule has 1 aromatic rings. The molecule has 2 aliphatic heterocycles. The number of rotatable bonds is 5. The monoisotopic (exact) mass is 273 g/mol. The molecule has 2 saturated heterocycles. The molecule has 108 valence electrons. The zero-order valence-corrected chi connectivity index (χ0v) is 12.1. The van der Waals surface area contributed by atoms with Gasteiger partial charge in [-0.05, 0) is 36.8 Å². The van der Waals surface area contributed by atoms with Crippen molar-refractivity contribution in [1.82, 2.24) is 4.90 Å². The molecule has 2 fully saturated rings. The molecule has 0 amide bonds. The molecule has 0 radical (unpaired) electrons. The number of piperidine rings is 1. The van der Waals surface area contributed by atoms with Crippen LogP contribution in [-0.4, -0.2) is 36.4 Å². The van der Waals surface area contributed by atoms with Crippen molar-refractivity contribution in [2.75, 3.05) is 13.1 Å². The summed E-state index contributed by atoms with van der Waals surface area (Å²) in [7, 11) is 0. The van der Waals surface area contributed by atoms with Gasteiger partial charge in [-0.15, -0.1) is 0 Å². The maximum absolute atomic E-state index is 11.1. The maximum Gasteiger partial charge on any atom is 0.137 e. The molecule has 0 aliphatic carbocycles. The van der Waals surface area contributed by atoms with E-state index in [1.807, 2.05) is 6.07 Å². The summed E-state index contributed by atoms with van der Waals surface area (Å²) < 4.78 is 6.26. The zero-order valence-electron chi connectivity index (χ0n) is 12.1. The van der Waals surface area contributed by atoms with Crippen molar-refractivity contribution in [3.05, 3.63) is 29.8 Å². The molecule has 3 heteroatoms. The second-order valence-corrected chi connectivity index (χ2v) is 6.09. The van der Waals surface area contributed by atoms with Crippen LogP contribution < -0.4 is 4.74 Å². The highest BCUT2D eigenvalue weighted by Gasteiger charge is 2.39. The second kappa shape index (κ2) is 5.96. The third-order valence-corrected chi connectivity index (χ3v) is 4.51. The highest BCUT2D eigenvalue weighted by Crippen LogP contribution is 2.33. The van der Waals surface area contributed by atoms with Crippen LogP contribution in [0.5, 0.6) is 5.75 Å². The van der Waals surface area contributed by atoms with Gasteiger partial charge in [-0.2, -0.15) is 0 Å². The van der Waals surface area contributed by atoms with Gasteiger partial charge >= 0.3 is 0 Å². The molecule has 0 N–H and O–H groups in total. The van der Waals surface area contributed by atoms with E-state index in [2.05, 4.69) is 30.0 Å². The van der Waals surface area contributed by atoms with E-state index >= 15 is 0 Å². The minimum absolute atomic E-state index is 0.125. The van der Waals surface area contributed by atoms with Crippen LogP contribution in [0.15, 0.2) is 24.3 Å². The lowest BCUT2D eigenvalue weighted by Gasteiger charge is -2.31. The van der Waals surface area contributed by atoms with Crippen LogP contribution in [0.3, 0.4) is 0 Å². The van der Waals surface area contributed by atoms with Crippen LogP contribution in [0.25, 0.3) is 0 Å². The van der Waals surface area contributed by atoms with Crippen LogP contribution in [0, 0.1) is 5.92 Å². The first-order chi connectivity index (χ1) is 9.80. The van der Waals surface area contributed by atoms with Gasteiger partial charge in [0.1, 0.15) is 18.1 Å². The molecule has 2 heterocycles. The van der Waals surface area contributed by atoms with E-state index in [1.165, 1.54) is 5.56 Å². The van der Waals surface area contributed by atoms with Crippen LogP contribution in [0.2, 0.25) is 0 Å². The quantitative estimate of drug-likeness (QED) is 0.773. The van der Waals surface area contributed by atoms with Crippen molar-refractivity contribution < 1.29 is 9.53 Å². The van der Waals surface area contributed by atoms with E-state index in [9.17, 15) is 4.79 Å². The van der Waals surface area contributed by atoms with Crippen LogP contribution >= 0.6 is 0 Å². The summed E-state index contributed by atoms with van der Waals surface area (Å²) in [6, 6.07) is 8.48. The number of carbonyl (C=O) groups excluding carboxylic acids is 1. The SMILES string of the molecule is CCCc1ccccc1OC1CC2CC(C=O)N(C2)C1. The molecular weight excluding hydrogens is 250 g/mol. The summed E-state index contributed by atoms with van der Waals surface area (Å²) in [6.07, 6.45) is 5.63. The number of aldehydes is 1. The molecule has 0 spiro atoms. The normalized spacial score (nSPS) is 32.0. The molecule has 4 atom stereocenters. The Morgan fingerprint density at radius 1 is 1.30 bits per heavy atom. The van der Waals surface area contributed by atoms with Gasteiger partial charge < -0.3 is 9.53 Å². The zero-order chi connectivity index (χ0) is 13.9. The van der Waals surface area contributed by atoms with Crippen molar-refractivity contribution in [2.24, 2.45) is 5.92 Å². The van der Waals surface area contributed by atoms with Crippen molar-refractivity contribution in [2.45, 2.75) is 44.8 Å². The summed E-state index contributed by atoms with van der Waals surface area (Å²) in [5, 5.41) is 0. The van der Waals surface area contributed by atoms with Gasteiger partial charge in [0, 0.05) is 13.1 Å². The Balaban J connectivity index is 1.68. The number of hydrogen-bond donors (Lipinski definition) is 0. The number of hydrogen-bond acceptors (Lipinski definition) is 3. The van der Waals surface area contributed by atoms with Crippen molar-refractivity contribution in [3.63, 3.8) is 0 Å². The minimum atomic E-state index is 0.125. The number of nitrogens with zero attached hydrogens (tertiary/aromatic N) is 1. The summed E-state index contributed by atoms with van der Waals surface area (Å²) in [5.41, 5.74) is 1.30. The molecule has 1 aromatic carbocycles. The third-order valence-electron chi connectivity index (χ3n) is 4.51. The Morgan fingerprint density at radius 2 is 2.15 bits per heavy atom. The van der Waals surface area contributed by atoms with Crippen molar-refractivity contribution in [1.29, 1.82) is 0 Å². The lowest BCUT2D eigenvalue weighted by Crippen LogP contribution is -2.42.